The van der Waals surface area contributed by atoms with Gasteiger partial charge in [-0.3, -0.25) is 4.90 Å². The molecule has 0 unspecified atom stereocenters. The van der Waals surface area contributed by atoms with Crippen molar-refractivity contribution in [2.45, 2.75) is 20.4 Å². The van der Waals surface area contributed by atoms with E-state index in [9.17, 15) is 0 Å². The molecule has 0 aliphatic carbocycles. The molecule has 3 nitrogen and oxygen atoms in total. The Balaban J connectivity index is 1.39. The fourth-order valence-electron chi connectivity index (χ4n) is 3.59. The Kier molecular flexibility index (Phi) is 5.48. The number of nitrogens with zero attached hydrogens (tertiary/aromatic N) is 3. The summed E-state index contributed by atoms with van der Waals surface area (Å²) in [6, 6.07) is 14.5. The van der Waals surface area contributed by atoms with Crippen molar-refractivity contribution in [3.05, 3.63) is 69.7 Å². The van der Waals surface area contributed by atoms with Gasteiger partial charge in [0.2, 0.25) is 0 Å². The van der Waals surface area contributed by atoms with Gasteiger partial charge in [-0.1, -0.05) is 41.9 Å². The second-order valence-corrected chi connectivity index (χ2v) is 8.37. The zero-order chi connectivity index (χ0) is 18.8. The minimum atomic E-state index is 0.764. The van der Waals surface area contributed by atoms with Gasteiger partial charge in [-0.25, -0.2) is 4.98 Å². The molecule has 1 aliphatic heterocycles. The van der Waals surface area contributed by atoms with Crippen LogP contribution in [0.3, 0.4) is 0 Å². The average Bonchev–Trinajstić information content (AvgIpc) is 3.13. The van der Waals surface area contributed by atoms with Crippen LogP contribution in [-0.2, 0) is 6.54 Å². The second-order valence-electron chi connectivity index (χ2n) is 7.11. The normalized spacial score (nSPS) is 15.3. The van der Waals surface area contributed by atoms with Crippen molar-refractivity contribution < 1.29 is 0 Å². The molecule has 1 fully saturated rings. The third-order valence-electron chi connectivity index (χ3n) is 5.33. The fourth-order valence-corrected chi connectivity index (χ4v) is 4.72. The average molecular weight is 398 g/mol. The van der Waals surface area contributed by atoms with E-state index in [1.807, 2.05) is 24.3 Å². The van der Waals surface area contributed by atoms with Gasteiger partial charge in [0.05, 0.1) is 10.7 Å². The fraction of sp³-hybridized carbons (Fsp3) is 0.318. The van der Waals surface area contributed by atoms with Crippen molar-refractivity contribution in [1.29, 1.82) is 0 Å². The highest BCUT2D eigenvalue weighted by atomic mass is 35.5. The van der Waals surface area contributed by atoms with Gasteiger partial charge in [0.25, 0.3) is 0 Å². The maximum absolute atomic E-state index is 6.31. The Morgan fingerprint density at radius 2 is 1.78 bits per heavy atom. The van der Waals surface area contributed by atoms with E-state index in [0.29, 0.717) is 0 Å². The number of halogens is 1. The predicted octanol–water partition coefficient (Wildman–Crippen LogP) is 5.40. The van der Waals surface area contributed by atoms with Crippen LogP contribution in [0.2, 0.25) is 5.02 Å². The van der Waals surface area contributed by atoms with E-state index in [4.69, 9.17) is 16.6 Å². The third kappa shape index (κ3) is 4.03. The van der Waals surface area contributed by atoms with Crippen molar-refractivity contribution in [1.82, 2.24) is 9.88 Å². The van der Waals surface area contributed by atoms with Gasteiger partial charge >= 0.3 is 0 Å². The summed E-state index contributed by atoms with van der Waals surface area (Å²) in [5.41, 5.74) is 6.30. The van der Waals surface area contributed by atoms with Crippen molar-refractivity contribution in [3.63, 3.8) is 0 Å². The SMILES string of the molecule is Cc1cccc(N2CCN(Cc3csc(-c4ccccc4Cl)n3)CC2)c1C. The summed E-state index contributed by atoms with van der Waals surface area (Å²) in [4.78, 5) is 9.82. The maximum atomic E-state index is 6.31. The minimum absolute atomic E-state index is 0.764. The molecule has 2 aromatic carbocycles. The standard InChI is InChI=1S/C22H24ClN3S/c1-16-6-5-9-21(17(16)2)26-12-10-25(11-13-26)14-18-15-27-22(24-18)19-7-3-4-8-20(19)23/h3-9,15H,10-14H2,1-2H3. The number of hydrogen-bond donors (Lipinski definition) is 0. The van der Waals surface area contributed by atoms with Crippen LogP contribution in [0, 0.1) is 13.8 Å². The number of benzene rings is 2. The van der Waals surface area contributed by atoms with Crippen molar-refractivity contribution in [2.75, 3.05) is 31.1 Å². The lowest BCUT2D eigenvalue weighted by atomic mass is 10.1. The molecular weight excluding hydrogens is 374 g/mol. The third-order valence-corrected chi connectivity index (χ3v) is 6.58. The molecule has 1 aliphatic rings. The molecule has 27 heavy (non-hydrogen) atoms. The molecule has 1 saturated heterocycles. The van der Waals surface area contributed by atoms with Gasteiger partial charge in [0.15, 0.2) is 0 Å². The lowest BCUT2D eigenvalue weighted by molar-refractivity contribution is 0.247. The van der Waals surface area contributed by atoms with E-state index < -0.39 is 0 Å². The van der Waals surface area contributed by atoms with Gasteiger partial charge in [-0.15, -0.1) is 11.3 Å². The van der Waals surface area contributed by atoms with E-state index in [1.165, 1.54) is 16.8 Å². The van der Waals surface area contributed by atoms with Crippen LogP contribution >= 0.6 is 22.9 Å². The first-order chi connectivity index (χ1) is 13.1. The second kappa shape index (κ2) is 8.01. The number of aryl methyl sites for hydroxylation is 1. The lowest BCUT2D eigenvalue weighted by Gasteiger charge is -2.36. The molecule has 0 spiro atoms. The number of anilines is 1. The molecule has 0 bridgehead atoms. The largest absolute Gasteiger partial charge is 0.369 e. The summed E-state index contributed by atoms with van der Waals surface area (Å²) < 4.78 is 0. The molecule has 0 atom stereocenters. The van der Waals surface area contributed by atoms with Gasteiger partial charge in [-0.2, -0.15) is 0 Å². The van der Waals surface area contributed by atoms with Crippen molar-refractivity contribution >= 4 is 28.6 Å². The number of rotatable bonds is 4. The summed E-state index contributed by atoms with van der Waals surface area (Å²) in [5, 5.41) is 3.93. The van der Waals surface area contributed by atoms with E-state index >= 15 is 0 Å². The summed E-state index contributed by atoms with van der Waals surface area (Å²) in [5.74, 6) is 0. The minimum Gasteiger partial charge on any atom is -0.369 e. The van der Waals surface area contributed by atoms with Crippen LogP contribution in [-0.4, -0.2) is 36.1 Å². The molecule has 140 valence electrons. The van der Waals surface area contributed by atoms with E-state index in [-0.39, 0.29) is 0 Å². The Bertz CT molecular complexity index is 929. The summed E-state index contributed by atoms with van der Waals surface area (Å²) in [6.07, 6.45) is 0. The van der Waals surface area contributed by atoms with Crippen LogP contribution in [0.5, 0.6) is 0 Å². The van der Waals surface area contributed by atoms with Gasteiger partial charge < -0.3 is 4.90 Å². The first-order valence-corrected chi connectivity index (χ1v) is 10.6. The molecule has 2 heterocycles. The Labute approximate surface area is 170 Å². The van der Waals surface area contributed by atoms with E-state index in [1.54, 1.807) is 11.3 Å². The number of piperazine rings is 1. The van der Waals surface area contributed by atoms with E-state index in [0.717, 1.165) is 54.0 Å². The van der Waals surface area contributed by atoms with Crippen LogP contribution < -0.4 is 4.90 Å². The molecule has 1 aromatic heterocycles. The highest BCUT2D eigenvalue weighted by Crippen LogP contribution is 2.30. The lowest BCUT2D eigenvalue weighted by Crippen LogP contribution is -2.46. The van der Waals surface area contributed by atoms with Crippen molar-refractivity contribution in [2.24, 2.45) is 0 Å². The van der Waals surface area contributed by atoms with Crippen LogP contribution in [0.4, 0.5) is 5.69 Å². The highest BCUT2D eigenvalue weighted by Gasteiger charge is 2.20. The van der Waals surface area contributed by atoms with Crippen LogP contribution in [0.1, 0.15) is 16.8 Å². The molecule has 0 N–H and O–H groups in total. The zero-order valence-corrected chi connectivity index (χ0v) is 17.4. The molecule has 0 radical (unpaired) electrons. The Morgan fingerprint density at radius 1 is 1.00 bits per heavy atom. The van der Waals surface area contributed by atoms with Crippen LogP contribution in [0.15, 0.2) is 47.8 Å². The Morgan fingerprint density at radius 3 is 2.56 bits per heavy atom. The maximum Gasteiger partial charge on any atom is 0.125 e. The van der Waals surface area contributed by atoms with Gasteiger partial charge in [0.1, 0.15) is 5.01 Å². The first kappa shape index (κ1) is 18.5. The highest BCUT2D eigenvalue weighted by molar-refractivity contribution is 7.13. The first-order valence-electron chi connectivity index (χ1n) is 9.34. The molecule has 5 heteroatoms. The smallest absolute Gasteiger partial charge is 0.125 e. The molecule has 4 rings (SSSR count). The molecule has 0 saturated carbocycles. The topological polar surface area (TPSA) is 19.4 Å². The summed E-state index contributed by atoms with van der Waals surface area (Å²) in [7, 11) is 0. The number of hydrogen-bond acceptors (Lipinski definition) is 4. The molecular formula is C22H24ClN3S. The Hall–Kier alpha value is -1.88. The monoisotopic (exact) mass is 397 g/mol. The van der Waals surface area contributed by atoms with E-state index in [2.05, 4.69) is 47.2 Å². The summed E-state index contributed by atoms with van der Waals surface area (Å²) in [6.45, 7) is 9.56. The quantitative estimate of drug-likeness (QED) is 0.587. The van der Waals surface area contributed by atoms with Crippen molar-refractivity contribution in [3.8, 4) is 10.6 Å². The molecule has 0 amide bonds. The number of thiazole rings is 1. The number of aromatic nitrogens is 1. The van der Waals surface area contributed by atoms with Crippen LogP contribution in [0.25, 0.3) is 10.6 Å². The zero-order valence-electron chi connectivity index (χ0n) is 15.8. The molecule has 3 aromatic rings. The van der Waals surface area contributed by atoms with Gasteiger partial charge in [-0.05, 0) is 37.1 Å². The predicted molar refractivity (Wildman–Crippen MR) is 116 cm³/mol. The van der Waals surface area contributed by atoms with Gasteiger partial charge in [0, 0.05) is 49.4 Å². The summed E-state index contributed by atoms with van der Waals surface area (Å²) >= 11 is 7.98.